The topological polar surface area (TPSA) is 407 Å². The first-order valence-corrected chi connectivity index (χ1v) is 19.2. The Balaban J connectivity index is 1.06. The van der Waals surface area contributed by atoms with Gasteiger partial charge in [-0.3, -0.25) is 42.3 Å². The minimum Gasteiger partial charge on any atom is -0.387 e. The summed E-state index contributed by atoms with van der Waals surface area (Å²) >= 11 is 0. The maximum absolute atomic E-state index is 13.1. The summed E-state index contributed by atoms with van der Waals surface area (Å²) in [7, 11) is -16.1. The zero-order valence-corrected chi connectivity index (χ0v) is 28.8. The maximum Gasteiger partial charge on any atom is 0.478 e. The Hall–Kier alpha value is -3.43. The van der Waals surface area contributed by atoms with Crippen molar-refractivity contribution in [3.05, 3.63) is 33.4 Å². The van der Waals surface area contributed by atoms with Gasteiger partial charge in [0.1, 0.15) is 36.6 Å². The first-order valence-electron chi connectivity index (χ1n) is 14.6. The highest BCUT2D eigenvalue weighted by Gasteiger charge is 2.49. The normalized spacial score (nSPS) is 30.0. The van der Waals surface area contributed by atoms with E-state index < -0.39 is 96.5 Å². The second-order valence-corrected chi connectivity index (χ2v) is 16.4. The highest BCUT2D eigenvalue weighted by atomic mass is 31.3. The molecule has 2 fully saturated rings. The van der Waals surface area contributed by atoms with Crippen LogP contribution in [0.25, 0.3) is 22.3 Å². The van der Waals surface area contributed by atoms with E-state index in [2.05, 4.69) is 38.5 Å². The van der Waals surface area contributed by atoms with Gasteiger partial charge >= 0.3 is 15.6 Å². The van der Waals surface area contributed by atoms with Gasteiger partial charge in [0.2, 0.25) is 11.9 Å². The van der Waals surface area contributed by atoms with Gasteiger partial charge < -0.3 is 51.2 Å². The number of aromatic nitrogens is 8. The van der Waals surface area contributed by atoms with Gasteiger partial charge in [0.25, 0.3) is 25.6 Å². The van der Waals surface area contributed by atoms with Crippen molar-refractivity contribution in [2.24, 2.45) is 0 Å². The van der Waals surface area contributed by atoms with Crippen LogP contribution in [0, 0.1) is 0 Å². The molecule has 2 aliphatic heterocycles. The van der Waals surface area contributed by atoms with Gasteiger partial charge in [-0.05, 0) is 0 Å². The highest BCUT2D eigenvalue weighted by Crippen LogP contribution is 2.69. The quantitative estimate of drug-likeness (QED) is 0.0470. The molecule has 5 unspecified atom stereocenters. The van der Waals surface area contributed by atoms with E-state index in [1.807, 2.05) is 0 Å². The van der Waals surface area contributed by atoms with E-state index in [1.54, 1.807) is 0 Å². The van der Waals surface area contributed by atoms with E-state index in [4.69, 9.17) is 30.0 Å². The molecule has 6 rings (SSSR count). The Morgan fingerprint density at radius 3 is 1.52 bits per heavy atom. The number of fused-ring (bicyclic) bond motifs is 2. The van der Waals surface area contributed by atoms with Gasteiger partial charge in [-0.1, -0.05) is 6.82 Å². The molecule has 6 heterocycles. The molecule has 1 radical (unpaired) electrons. The number of aliphatic hydroxyl groups is 4. The second-order valence-electron chi connectivity index (χ2n) is 11.1. The number of aliphatic hydroxyl groups excluding tert-OH is 4. The minimum absolute atomic E-state index is 0.125. The largest absolute Gasteiger partial charge is 0.478 e. The lowest BCUT2D eigenvalue weighted by molar-refractivity contribution is -0.0507. The second kappa shape index (κ2) is 14.1. The van der Waals surface area contributed by atoms with Crippen LogP contribution in [-0.2, 0) is 40.8 Å². The molecule has 0 bridgehead atoms. The smallest absolute Gasteiger partial charge is 0.387 e. The number of anilines is 2. The minimum atomic E-state index is -5.49. The molecule has 27 nitrogen and oxygen atoms in total. The number of phosphoric ester groups is 2. The predicted octanol–water partition coefficient (Wildman–Crippen LogP) is -3.22. The standard InChI is InChI=1S/C21H29BN10O17P3/c1-22-50(39,48-51(40,41)44-2-6-10(33)12(35)18(46-6)31-4-25-8-14(31)27-20(23)29-16(8)37)49-52(42,43)45-3-7-11(34)13(36)19(47-7)32-5-26-9-15(32)28-21(24)30-17(9)38/h4-7,10-13,18-19,33-36H,2-3H2,1H3,(H,40,41)(H,42,43)(H3,23,27,29,37)(H3,24,28,30,38)/t6-,7-,10+,11?,12?,13+,18-,19-,50?/m1/s1. The van der Waals surface area contributed by atoms with Gasteiger partial charge in [-0.15, -0.1) is 0 Å². The van der Waals surface area contributed by atoms with Crippen LogP contribution in [-0.4, -0.2) is 126 Å². The zero-order valence-electron chi connectivity index (χ0n) is 26.1. The van der Waals surface area contributed by atoms with Gasteiger partial charge in [0.05, 0.1) is 25.9 Å². The molecule has 31 heteroatoms. The first kappa shape index (κ1) is 38.3. The fourth-order valence-corrected chi connectivity index (χ4v) is 9.72. The van der Waals surface area contributed by atoms with Gasteiger partial charge in [0.15, 0.2) is 34.8 Å². The molecule has 0 spiro atoms. The molecule has 0 aliphatic carbocycles. The lowest BCUT2D eigenvalue weighted by atomic mass is 10.1. The first-order chi connectivity index (χ1) is 24.3. The van der Waals surface area contributed by atoms with Crippen LogP contribution in [0.2, 0.25) is 6.82 Å². The summed E-state index contributed by atoms with van der Waals surface area (Å²) in [6.45, 7) is -0.502. The predicted molar refractivity (Wildman–Crippen MR) is 170 cm³/mol. The van der Waals surface area contributed by atoms with Crippen LogP contribution >= 0.6 is 23.1 Å². The summed E-state index contributed by atoms with van der Waals surface area (Å²) in [6, 6.07) is 0. The number of hydrogen-bond acceptors (Lipinski definition) is 21. The Kier molecular flexibility index (Phi) is 10.4. The summed E-state index contributed by atoms with van der Waals surface area (Å²) in [5.74, 6) is -0.578. The third-order valence-corrected chi connectivity index (χ3v) is 12.7. The number of imidazole rings is 2. The Labute approximate surface area is 288 Å². The number of hydrogen-bond donors (Lipinski definition) is 10. The SMILES string of the molecule is C[B]P(=O)(OP(=O)(O)OC[C@H]1O[C@@H](n2cnc3c(=O)[nH]c(N)nc32)[C@@H](O)C1O)OP(=O)(O)OC[C@H]1O[C@@H](n2cnc3c(=O)[nH]c(N)nc32)C(O)[C@H]1O. The van der Waals surface area contributed by atoms with Crippen molar-refractivity contribution < 1.29 is 71.1 Å². The van der Waals surface area contributed by atoms with Crippen molar-refractivity contribution in [2.75, 3.05) is 24.7 Å². The fourth-order valence-electron chi connectivity index (χ4n) is 5.23. The van der Waals surface area contributed by atoms with Crippen molar-refractivity contribution in [3.63, 3.8) is 0 Å². The van der Waals surface area contributed by atoms with Crippen LogP contribution in [0.3, 0.4) is 0 Å². The average molecular weight is 797 g/mol. The average Bonchev–Trinajstić information content (AvgIpc) is 3.80. The molecule has 0 amide bonds. The third-order valence-electron chi connectivity index (χ3n) is 7.68. The zero-order chi connectivity index (χ0) is 37.9. The number of aromatic amines is 2. The summed E-state index contributed by atoms with van der Waals surface area (Å²) in [6.07, 6.45) is -10.9. The van der Waals surface area contributed by atoms with Crippen LogP contribution < -0.4 is 22.6 Å². The third kappa shape index (κ3) is 7.50. The molecule has 11 atom stereocenters. The van der Waals surface area contributed by atoms with E-state index in [1.165, 1.54) is 0 Å². The number of rotatable bonds is 13. The molecule has 4 aromatic rings. The van der Waals surface area contributed by atoms with Crippen LogP contribution in [0.15, 0.2) is 22.2 Å². The van der Waals surface area contributed by atoms with Crippen molar-refractivity contribution in [2.45, 2.75) is 55.9 Å². The monoisotopic (exact) mass is 797 g/mol. The number of nitrogens with one attached hydrogen (secondary N) is 2. The van der Waals surface area contributed by atoms with Crippen LogP contribution in [0.1, 0.15) is 12.5 Å². The van der Waals surface area contributed by atoms with Crippen molar-refractivity contribution >= 4 is 64.3 Å². The molecule has 4 aromatic heterocycles. The molecular formula is C21H29BN10O17P3. The van der Waals surface area contributed by atoms with Gasteiger partial charge in [0, 0.05) is 0 Å². The van der Waals surface area contributed by atoms with E-state index in [0.29, 0.717) is 7.00 Å². The Morgan fingerprint density at radius 2 is 1.15 bits per heavy atom. The molecular weight excluding hydrogens is 768 g/mol. The lowest BCUT2D eigenvalue weighted by Crippen LogP contribution is -2.33. The maximum atomic E-state index is 13.1. The Morgan fingerprint density at radius 1 is 0.769 bits per heavy atom. The highest BCUT2D eigenvalue weighted by molar-refractivity contribution is 7.89. The van der Waals surface area contributed by atoms with Crippen molar-refractivity contribution in [3.8, 4) is 0 Å². The number of ether oxygens (including phenoxy) is 2. The number of nitrogens with zero attached hydrogens (tertiary/aromatic N) is 6. The fraction of sp³-hybridized carbons (Fsp3) is 0.524. The molecule has 0 saturated carbocycles. The number of nitrogens with two attached hydrogens (primary N) is 2. The van der Waals surface area contributed by atoms with Crippen molar-refractivity contribution in [1.29, 1.82) is 0 Å². The number of phosphoric acid groups is 2. The number of nitrogen functional groups attached to an aromatic ring is 2. The van der Waals surface area contributed by atoms with Gasteiger partial charge in [-0.2, -0.15) is 9.97 Å². The van der Waals surface area contributed by atoms with E-state index in [-0.39, 0.29) is 34.2 Å². The number of H-pyrrole nitrogens is 2. The molecule has 283 valence electrons. The molecule has 52 heavy (non-hydrogen) atoms. The lowest BCUT2D eigenvalue weighted by Gasteiger charge is -2.23. The summed E-state index contributed by atoms with van der Waals surface area (Å²) in [5, 5.41) is 42.2. The Bertz CT molecular complexity index is 2100. The van der Waals surface area contributed by atoms with Crippen LogP contribution in [0.5, 0.6) is 0 Å². The van der Waals surface area contributed by atoms with Gasteiger partial charge in [-0.25, -0.2) is 27.7 Å². The van der Waals surface area contributed by atoms with E-state index in [9.17, 15) is 53.5 Å². The van der Waals surface area contributed by atoms with E-state index in [0.717, 1.165) is 28.6 Å². The molecule has 12 N–H and O–H groups in total. The molecule has 0 aromatic carbocycles. The van der Waals surface area contributed by atoms with Crippen LogP contribution in [0.4, 0.5) is 11.9 Å². The summed E-state index contributed by atoms with van der Waals surface area (Å²) in [5.41, 5.74) is 9.12. The summed E-state index contributed by atoms with van der Waals surface area (Å²) < 4.78 is 70.5. The molecule has 2 saturated heterocycles. The summed E-state index contributed by atoms with van der Waals surface area (Å²) in [4.78, 5) is 64.7. The van der Waals surface area contributed by atoms with E-state index >= 15 is 0 Å². The molecule has 2 aliphatic rings. The van der Waals surface area contributed by atoms with Crippen molar-refractivity contribution in [1.82, 2.24) is 39.0 Å².